The van der Waals surface area contributed by atoms with Gasteiger partial charge in [0.15, 0.2) is 0 Å². The number of para-hydroxylation sites is 1. The molecule has 36 heavy (non-hydrogen) atoms. The summed E-state index contributed by atoms with van der Waals surface area (Å²) in [5, 5.41) is 4.04. The lowest BCUT2D eigenvalue weighted by Gasteiger charge is -2.11. The highest BCUT2D eigenvalue weighted by molar-refractivity contribution is 6.32. The summed E-state index contributed by atoms with van der Waals surface area (Å²) >= 11 is 6.19. The lowest BCUT2D eigenvalue weighted by Crippen LogP contribution is -2.25. The first-order valence-electron chi connectivity index (χ1n) is 11.2. The van der Waals surface area contributed by atoms with Gasteiger partial charge in [-0.25, -0.2) is 4.98 Å². The number of carbonyl (C=O) groups excluding carboxylic acids is 1. The monoisotopic (exact) mass is 502 g/mol. The summed E-state index contributed by atoms with van der Waals surface area (Å²) in [5.74, 6) is 0.952. The Labute approximate surface area is 211 Å². The molecule has 0 radical (unpaired) electrons. The Balaban J connectivity index is 1.52. The molecule has 0 fully saturated rings. The molecule has 8 nitrogen and oxygen atoms in total. The average Bonchev–Trinajstić information content (AvgIpc) is 3.20. The van der Waals surface area contributed by atoms with Crippen molar-refractivity contribution in [1.29, 1.82) is 0 Å². The van der Waals surface area contributed by atoms with Crippen molar-refractivity contribution in [2.45, 2.75) is 13.1 Å². The Bertz CT molecular complexity index is 1640. The van der Waals surface area contributed by atoms with Crippen molar-refractivity contribution < 1.29 is 14.3 Å². The summed E-state index contributed by atoms with van der Waals surface area (Å²) in [5.41, 5.74) is 2.91. The summed E-state index contributed by atoms with van der Waals surface area (Å²) in [6.45, 7) is 0.265. The highest BCUT2D eigenvalue weighted by atomic mass is 35.5. The molecular weight excluding hydrogens is 480 g/mol. The van der Waals surface area contributed by atoms with Gasteiger partial charge in [-0.1, -0.05) is 41.9 Å². The highest BCUT2D eigenvalue weighted by Crippen LogP contribution is 2.28. The van der Waals surface area contributed by atoms with E-state index in [0.29, 0.717) is 34.0 Å². The number of aromatic nitrogens is 3. The van der Waals surface area contributed by atoms with Crippen LogP contribution in [-0.4, -0.2) is 34.2 Å². The summed E-state index contributed by atoms with van der Waals surface area (Å²) < 4.78 is 13.6. The molecule has 5 aromatic rings. The van der Waals surface area contributed by atoms with Crippen LogP contribution in [0.1, 0.15) is 5.56 Å². The van der Waals surface area contributed by atoms with Gasteiger partial charge in [0.05, 0.1) is 37.6 Å². The number of hydrogen-bond acceptors (Lipinski definition) is 5. The Morgan fingerprint density at radius 1 is 1.03 bits per heavy atom. The summed E-state index contributed by atoms with van der Waals surface area (Å²) in [6.07, 6.45) is 1.55. The number of anilines is 1. The number of carbonyl (C=O) groups is 1. The second-order valence-electron chi connectivity index (χ2n) is 8.22. The molecule has 0 atom stereocenters. The van der Waals surface area contributed by atoms with Crippen LogP contribution in [0.4, 0.5) is 5.69 Å². The number of amides is 1. The number of methoxy groups -OCH3 is 2. The van der Waals surface area contributed by atoms with Crippen molar-refractivity contribution in [3.63, 3.8) is 0 Å². The van der Waals surface area contributed by atoms with Gasteiger partial charge < -0.3 is 19.4 Å². The molecule has 1 amide bonds. The third kappa shape index (κ3) is 4.38. The molecule has 2 aromatic heterocycles. The second kappa shape index (κ2) is 9.75. The van der Waals surface area contributed by atoms with E-state index in [9.17, 15) is 9.59 Å². The van der Waals surface area contributed by atoms with Crippen molar-refractivity contribution in [1.82, 2.24) is 14.1 Å². The SMILES string of the molecule is COc1ccc(Cn2cnc3c4ccccc4n(CC(=O)Nc4ccc(OC)c(Cl)c4)c3c2=O)cc1. The van der Waals surface area contributed by atoms with Crippen LogP contribution in [-0.2, 0) is 17.9 Å². The molecular formula is C27H23ClN4O4. The van der Waals surface area contributed by atoms with Crippen molar-refractivity contribution in [3.8, 4) is 11.5 Å². The zero-order valence-corrected chi connectivity index (χ0v) is 20.5. The number of nitrogens with zero attached hydrogens (tertiary/aromatic N) is 3. The zero-order chi connectivity index (χ0) is 25.2. The lowest BCUT2D eigenvalue weighted by atomic mass is 10.2. The minimum Gasteiger partial charge on any atom is -0.497 e. The van der Waals surface area contributed by atoms with Gasteiger partial charge >= 0.3 is 0 Å². The number of ether oxygens (including phenoxy) is 2. The van der Waals surface area contributed by atoms with Gasteiger partial charge in [-0.15, -0.1) is 0 Å². The molecule has 0 saturated heterocycles. The van der Waals surface area contributed by atoms with E-state index in [1.165, 1.54) is 7.11 Å². The van der Waals surface area contributed by atoms with Gasteiger partial charge in [0.25, 0.3) is 5.56 Å². The first kappa shape index (κ1) is 23.4. The van der Waals surface area contributed by atoms with Crippen LogP contribution in [0, 0.1) is 0 Å². The highest BCUT2D eigenvalue weighted by Gasteiger charge is 2.18. The first-order valence-corrected chi connectivity index (χ1v) is 11.6. The smallest absolute Gasteiger partial charge is 0.278 e. The second-order valence-corrected chi connectivity index (χ2v) is 8.63. The van der Waals surface area contributed by atoms with E-state index in [2.05, 4.69) is 10.3 Å². The molecule has 3 aromatic carbocycles. The average molecular weight is 503 g/mol. The Morgan fingerprint density at radius 2 is 1.81 bits per heavy atom. The molecule has 1 N–H and O–H groups in total. The maximum Gasteiger partial charge on any atom is 0.278 e. The van der Waals surface area contributed by atoms with Crippen LogP contribution in [0.25, 0.3) is 21.9 Å². The van der Waals surface area contributed by atoms with Crippen LogP contribution in [0.5, 0.6) is 11.5 Å². The van der Waals surface area contributed by atoms with E-state index in [0.717, 1.165) is 22.2 Å². The molecule has 0 saturated carbocycles. The minimum atomic E-state index is -0.302. The lowest BCUT2D eigenvalue weighted by molar-refractivity contribution is -0.116. The fourth-order valence-electron chi connectivity index (χ4n) is 4.24. The van der Waals surface area contributed by atoms with Gasteiger partial charge in [0, 0.05) is 11.1 Å². The van der Waals surface area contributed by atoms with Crippen molar-refractivity contribution >= 4 is 45.1 Å². The molecule has 0 aliphatic carbocycles. The Hall–Kier alpha value is -4.30. The van der Waals surface area contributed by atoms with E-state index in [4.69, 9.17) is 21.1 Å². The van der Waals surface area contributed by atoms with Gasteiger partial charge in [-0.3, -0.25) is 14.2 Å². The van der Waals surface area contributed by atoms with Gasteiger partial charge in [-0.05, 0) is 42.0 Å². The number of fused-ring (bicyclic) bond motifs is 3. The molecule has 5 rings (SSSR count). The van der Waals surface area contributed by atoms with E-state index in [1.807, 2.05) is 48.5 Å². The van der Waals surface area contributed by atoms with E-state index >= 15 is 0 Å². The first-order chi connectivity index (χ1) is 17.5. The zero-order valence-electron chi connectivity index (χ0n) is 19.7. The molecule has 2 heterocycles. The van der Waals surface area contributed by atoms with E-state index < -0.39 is 0 Å². The normalized spacial score (nSPS) is 11.1. The van der Waals surface area contributed by atoms with Crippen LogP contribution in [0.3, 0.4) is 0 Å². The molecule has 0 bridgehead atoms. The number of nitrogens with one attached hydrogen (secondary N) is 1. The summed E-state index contributed by atoms with van der Waals surface area (Å²) in [7, 11) is 3.13. The third-order valence-corrected chi connectivity index (χ3v) is 6.28. The van der Waals surface area contributed by atoms with Crippen molar-refractivity contribution in [2.24, 2.45) is 0 Å². The third-order valence-electron chi connectivity index (χ3n) is 5.98. The molecule has 182 valence electrons. The van der Waals surface area contributed by atoms with E-state index in [-0.39, 0.29) is 18.0 Å². The predicted molar refractivity (Wildman–Crippen MR) is 140 cm³/mol. The Morgan fingerprint density at radius 3 is 2.53 bits per heavy atom. The van der Waals surface area contributed by atoms with Crippen LogP contribution in [0.15, 0.2) is 77.9 Å². The maximum atomic E-state index is 13.6. The van der Waals surface area contributed by atoms with Crippen LogP contribution in [0.2, 0.25) is 5.02 Å². The summed E-state index contributed by atoms with van der Waals surface area (Å²) in [6, 6.07) is 20.0. The largest absolute Gasteiger partial charge is 0.497 e. The molecule has 9 heteroatoms. The number of halogens is 1. The van der Waals surface area contributed by atoms with Crippen LogP contribution < -0.4 is 20.3 Å². The molecule has 0 aliphatic rings. The van der Waals surface area contributed by atoms with Crippen LogP contribution >= 0.6 is 11.6 Å². The fourth-order valence-corrected chi connectivity index (χ4v) is 4.50. The van der Waals surface area contributed by atoms with Gasteiger partial charge in [-0.2, -0.15) is 0 Å². The number of rotatable bonds is 7. The quantitative estimate of drug-likeness (QED) is 0.348. The molecule has 0 aliphatic heterocycles. The van der Waals surface area contributed by atoms with Crippen molar-refractivity contribution in [2.75, 3.05) is 19.5 Å². The maximum absolute atomic E-state index is 13.6. The Kier molecular flexibility index (Phi) is 6.35. The molecule has 0 spiro atoms. The predicted octanol–water partition coefficient (Wildman–Crippen LogP) is 4.71. The van der Waals surface area contributed by atoms with Gasteiger partial charge in [0.2, 0.25) is 5.91 Å². The van der Waals surface area contributed by atoms with E-state index in [1.54, 1.807) is 40.8 Å². The molecule has 0 unspecified atom stereocenters. The minimum absolute atomic E-state index is 0.0723. The van der Waals surface area contributed by atoms with Crippen molar-refractivity contribution in [3.05, 3.63) is 94.0 Å². The number of hydrogen-bond donors (Lipinski definition) is 1. The van der Waals surface area contributed by atoms with Gasteiger partial charge in [0.1, 0.15) is 29.1 Å². The summed E-state index contributed by atoms with van der Waals surface area (Å²) in [4.78, 5) is 31.2. The fraction of sp³-hybridized carbons (Fsp3) is 0.148. The topological polar surface area (TPSA) is 87.4 Å². The number of benzene rings is 3. The standard InChI is InChI=1S/C27H23ClN4O4/c1-35-19-10-7-17(8-11-19)14-31-16-29-25-20-5-3-4-6-22(20)32(26(25)27(31)34)15-24(33)30-18-9-12-23(36-2)21(28)13-18/h3-13,16H,14-15H2,1-2H3,(H,30,33).